The maximum atomic E-state index is 12.6. The summed E-state index contributed by atoms with van der Waals surface area (Å²) >= 11 is 0. The van der Waals surface area contributed by atoms with E-state index in [4.69, 9.17) is 0 Å². The van der Waals surface area contributed by atoms with Gasteiger partial charge in [0.25, 0.3) is 0 Å². The molecule has 0 saturated heterocycles. The summed E-state index contributed by atoms with van der Waals surface area (Å²) < 4.78 is 0. The Morgan fingerprint density at radius 3 is 2.32 bits per heavy atom. The summed E-state index contributed by atoms with van der Waals surface area (Å²) in [5.41, 5.74) is 3.90. The predicted molar refractivity (Wildman–Crippen MR) is 84.8 cm³/mol. The van der Waals surface area contributed by atoms with Crippen LogP contribution >= 0.6 is 0 Å². The van der Waals surface area contributed by atoms with Crippen LogP contribution in [0, 0.1) is 26.7 Å². The second-order valence-corrected chi connectivity index (χ2v) is 6.17. The number of ketones is 2. The van der Waals surface area contributed by atoms with Crippen molar-refractivity contribution in [1.29, 1.82) is 0 Å². The number of Topliss-reactive ketones (excluding diaryl/α,β-unsaturated/α-hetero) is 2. The van der Waals surface area contributed by atoms with E-state index in [2.05, 4.69) is 5.32 Å². The van der Waals surface area contributed by atoms with E-state index in [1.54, 1.807) is 0 Å². The zero-order chi connectivity index (χ0) is 16.4. The molecule has 4 heteroatoms. The van der Waals surface area contributed by atoms with Crippen molar-refractivity contribution in [2.45, 2.75) is 46.5 Å². The second-order valence-electron chi connectivity index (χ2n) is 6.17. The third kappa shape index (κ3) is 3.11. The molecule has 1 aliphatic carbocycles. The highest BCUT2D eigenvalue weighted by Gasteiger charge is 2.43. The maximum Gasteiger partial charge on any atom is 0.220 e. The van der Waals surface area contributed by atoms with Crippen LogP contribution in [0.15, 0.2) is 12.1 Å². The van der Waals surface area contributed by atoms with Crippen LogP contribution in [0.3, 0.4) is 0 Å². The lowest BCUT2D eigenvalue weighted by atomic mass is 9.86. The molecule has 1 fully saturated rings. The average molecular weight is 301 g/mol. The lowest BCUT2D eigenvalue weighted by Gasteiger charge is -2.16. The van der Waals surface area contributed by atoms with Gasteiger partial charge in [0, 0.05) is 25.3 Å². The topological polar surface area (TPSA) is 63.2 Å². The zero-order valence-corrected chi connectivity index (χ0v) is 13.7. The standard InChI is InChI=1S/C18H23NO3/c1-5-19-15(21)9-13-8-14(20)17(18(13)22)16-11(3)6-10(2)7-12(16)4/h6-7,13,17H,5,8-9H2,1-4H3,(H,19,21). The van der Waals surface area contributed by atoms with Gasteiger partial charge in [-0.3, -0.25) is 14.4 Å². The molecule has 2 atom stereocenters. The number of hydrogen-bond donors (Lipinski definition) is 1. The van der Waals surface area contributed by atoms with Gasteiger partial charge in [-0.2, -0.15) is 0 Å². The molecule has 1 saturated carbocycles. The Balaban J connectivity index is 2.28. The van der Waals surface area contributed by atoms with Gasteiger partial charge in [-0.1, -0.05) is 17.7 Å². The number of hydrogen-bond acceptors (Lipinski definition) is 3. The van der Waals surface area contributed by atoms with Gasteiger partial charge in [0.1, 0.15) is 11.7 Å². The Hall–Kier alpha value is -1.97. The van der Waals surface area contributed by atoms with Gasteiger partial charge in [-0.15, -0.1) is 0 Å². The fourth-order valence-electron chi connectivity index (χ4n) is 3.47. The van der Waals surface area contributed by atoms with Gasteiger partial charge >= 0.3 is 0 Å². The third-order valence-corrected chi connectivity index (χ3v) is 4.29. The minimum absolute atomic E-state index is 0.0608. The van der Waals surface area contributed by atoms with Crippen molar-refractivity contribution in [1.82, 2.24) is 5.32 Å². The largest absolute Gasteiger partial charge is 0.356 e. The van der Waals surface area contributed by atoms with Gasteiger partial charge in [0.05, 0.1) is 0 Å². The molecule has 0 radical (unpaired) electrons. The van der Waals surface area contributed by atoms with Gasteiger partial charge in [-0.05, 0) is 44.4 Å². The van der Waals surface area contributed by atoms with E-state index >= 15 is 0 Å². The fourth-order valence-corrected chi connectivity index (χ4v) is 3.47. The van der Waals surface area contributed by atoms with Crippen LogP contribution in [-0.4, -0.2) is 24.0 Å². The number of rotatable bonds is 4. The summed E-state index contributed by atoms with van der Waals surface area (Å²) in [7, 11) is 0. The molecule has 1 N–H and O–H groups in total. The summed E-state index contributed by atoms with van der Waals surface area (Å²) in [4.78, 5) is 36.7. The van der Waals surface area contributed by atoms with E-state index < -0.39 is 11.8 Å². The molecule has 2 rings (SSSR count). The molecule has 0 aliphatic heterocycles. The van der Waals surface area contributed by atoms with Crippen LogP contribution in [0.2, 0.25) is 0 Å². The van der Waals surface area contributed by atoms with Crippen LogP contribution in [-0.2, 0) is 14.4 Å². The summed E-state index contributed by atoms with van der Waals surface area (Å²) in [6.45, 7) is 8.24. The highest BCUT2D eigenvalue weighted by atomic mass is 16.2. The molecule has 118 valence electrons. The van der Waals surface area contributed by atoms with Crippen molar-refractivity contribution in [2.75, 3.05) is 6.54 Å². The Morgan fingerprint density at radius 1 is 1.18 bits per heavy atom. The average Bonchev–Trinajstić information content (AvgIpc) is 2.65. The lowest BCUT2D eigenvalue weighted by molar-refractivity contribution is -0.128. The first-order valence-electron chi connectivity index (χ1n) is 7.76. The van der Waals surface area contributed by atoms with Gasteiger partial charge < -0.3 is 5.32 Å². The van der Waals surface area contributed by atoms with Crippen molar-refractivity contribution >= 4 is 17.5 Å². The van der Waals surface area contributed by atoms with Crippen molar-refractivity contribution in [2.24, 2.45) is 5.92 Å². The molecule has 0 aromatic heterocycles. The molecule has 1 aromatic rings. The molecule has 4 nitrogen and oxygen atoms in total. The van der Waals surface area contributed by atoms with E-state index in [0.717, 1.165) is 22.3 Å². The number of carbonyl (C=O) groups excluding carboxylic acids is 3. The summed E-state index contributed by atoms with van der Waals surface area (Å²) in [5, 5.41) is 2.69. The Morgan fingerprint density at radius 2 is 1.77 bits per heavy atom. The first-order chi connectivity index (χ1) is 10.3. The van der Waals surface area contributed by atoms with E-state index in [0.29, 0.717) is 6.54 Å². The smallest absolute Gasteiger partial charge is 0.220 e. The molecular weight excluding hydrogens is 278 g/mol. The van der Waals surface area contributed by atoms with Crippen LogP contribution < -0.4 is 5.32 Å². The van der Waals surface area contributed by atoms with Crippen molar-refractivity contribution in [3.05, 3.63) is 34.4 Å². The van der Waals surface area contributed by atoms with E-state index in [-0.39, 0.29) is 30.3 Å². The fraction of sp³-hybridized carbons (Fsp3) is 0.500. The molecule has 1 aromatic carbocycles. The first kappa shape index (κ1) is 16.4. The molecule has 22 heavy (non-hydrogen) atoms. The number of benzene rings is 1. The highest BCUT2D eigenvalue weighted by Crippen LogP contribution is 2.37. The number of amides is 1. The van der Waals surface area contributed by atoms with Crippen molar-refractivity contribution < 1.29 is 14.4 Å². The third-order valence-electron chi connectivity index (χ3n) is 4.29. The SMILES string of the molecule is CCNC(=O)CC1CC(=O)C(c2c(C)cc(C)cc2C)C1=O. The monoisotopic (exact) mass is 301 g/mol. The minimum Gasteiger partial charge on any atom is -0.356 e. The van der Waals surface area contributed by atoms with Gasteiger partial charge in [0.15, 0.2) is 5.78 Å². The van der Waals surface area contributed by atoms with Crippen LogP contribution in [0.25, 0.3) is 0 Å². The van der Waals surface area contributed by atoms with E-state index in [9.17, 15) is 14.4 Å². The lowest BCUT2D eigenvalue weighted by Crippen LogP contribution is -2.27. The molecule has 0 spiro atoms. The molecular formula is C18H23NO3. The molecule has 0 heterocycles. The van der Waals surface area contributed by atoms with Crippen LogP contribution in [0.1, 0.15) is 47.9 Å². The van der Waals surface area contributed by atoms with Crippen molar-refractivity contribution in [3.8, 4) is 0 Å². The zero-order valence-electron chi connectivity index (χ0n) is 13.7. The molecule has 0 bridgehead atoms. The summed E-state index contributed by atoms with van der Waals surface area (Å²) in [6.07, 6.45) is 0.284. The van der Waals surface area contributed by atoms with Gasteiger partial charge in [-0.25, -0.2) is 0 Å². The predicted octanol–water partition coefficient (Wildman–Crippen LogP) is 2.38. The molecule has 1 amide bonds. The highest BCUT2D eigenvalue weighted by molar-refractivity contribution is 6.15. The van der Waals surface area contributed by atoms with Gasteiger partial charge in [0.2, 0.25) is 5.91 Å². The number of carbonyl (C=O) groups is 3. The first-order valence-corrected chi connectivity index (χ1v) is 7.76. The number of nitrogens with one attached hydrogen (secondary N) is 1. The quantitative estimate of drug-likeness (QED) is 0.868. The van der Waals surface area contributed by atoms with Crippen molar-refractivity contribution in [3.63, 3.8) is 0 Å². The normalized spacial score (nSPS) is 21.3. The minimum atomic E-state index is -0.694. The Kier molecular flexibility index (Phi) is 4.79. The van der Waals surface area contributed by atoms with Crippen LogP contribution in [0.4, 0.5) is 0 Å². The van der Waals surface area contributed by atoms with Crippen LogP contribution in [0.5, 0.6) is 0 Å². The second kappa shape index (κ2) is 6.42. The summed E-state index contributed by atoms with van der Waals surface area (Å²) in [6, 6.07) is 4.00. The van der Waals surface area contributed by atoms with E-state index in [1.807, 2.05) is 39.8 Å². The summed E-state index contributed by atoms with van der Waals surface area (Å²) in [5.74, 6) is -1.50. The van der Waals surface area contributed by atoms with E-state index in [1.165, 1.54) is 0 Å². The number of aryl methyl sites for hydroxylation is 3. The molecule has 2 unspecified atom stereocenters. The molecule has 1 aliphatic rings. The Labute approximate surface area is 131 Å². The maximum absolute atomic E-state index is 12.6. The Bertz CT molecular complexity index is 610.